The summed E-state index contributed by atoms with van der Waals surface area (Å²) >= 11 is 0. The normalized spacial score (nSPS) is 15.7. The Hall–Kier alpha value is -3.72. The van der Waals surface area contributed by atoms with E-state index in [0.717, 1.165) is 28.1 Å². The number of anilines is 3. The predicted molar refractivity (Wildman–Crippen MR) is 121 cm³/mol. The Labute approximate surface area is 185 Å². The molecule has 2 aromatic heterocycles. The van der Waals surface area contributed by atoms with Crippen molar-refractivity contribution in [3.05, 3.63) is 53.7 Å². The topological polar surface area (TPSA) is 107 Å². The number of hydrogen-bond acceptors (Lipinski definition) is 8. The van der Waals surface area contributed by atoms with Gasteiger partial charge in [-0.3, -0.25) is 9.69 Å². The lowest BCUT2D eigenvalue weighted by Crippen LogP contribution is -2.37. The van der Waals surface area contributed by atoms with Crippen molar-refractivity contribution >= 4 is 23.5 Å². The Morgan fingerprint density at radius 3 is 2.56 bits per heavy atom. The van der Waals surface area contributed by atoms with Gasteiger partial charge in [0.1, 0.15) is 17.4 Å². The fourth-order valence-corrected chi connectivity index (χ4v) is 3.98. The average Bonchev–Trinajstić information content (AvgIpc) is 3.15. The van der Waals surface area contributed by atoms with Crippen molar-refractivity contribution in [1.29, 1.82) is 0 Å². The van der Waals surface area contributed by atoms with Crippen LogP contribution in [0.15, 0.2) is 42.6 Å². The van der Waals surface area contributed by atoms with Crippen LogP contribution in [0, 0.1) is 0 Å². The molecule has 9 heteroatoms. The minimum Gasteiger partial charge on any atom is -0.497 e. The third kappa shape index (κ3) is 3.82. The van der Waals surface area contributed by atoms with Gasteiger partial charge < -0.3 is 20.1 Å². The highest BCUT2D eigenvalue weighted by molar-refractivity contribution is 6.02. The van der Waals surface area contributed by atoms with Crippen LogP contribution in [0.4, 0.5) is 17.6 Å². The van der Waals surface area contributed by atoms with Crippen LogP contribution in [0.5, 0.6) is 5.75 Å². The molecule has 1 amide bonds. The summed E-state index contributed by atoms with van der Waals surface area (Å²) in [6.45, 7) is 3.06. The molecule has 0 atom stereocenters. The average molecular weight is 432 g/mol. The summed E-state index contributed by atoms with van der Waals surface area (Å²) < 4.78 is 10.7. The summed E-state index contributed by atoms with van der Waals surface area (Å²) in [4.78, 5) is 30.8. The number of morpholine rings is 1. The van der Waals surface area contributed by atoms with Crippen molar-refractivity contribution in [2.24, 2.45) is 0 Å². The van der Waals surface area contributed by atoms with E-state index in [0.29, 0.717) is 50.4 Å². The lowest BCUT2D eigenvalue weighted by atomic mass is 10.1. The molecule has 5 rings (SSSR count). The van der Waals surface area contributed by atoms with Crippen LogP contribution >= 0.6 is 0 Å². The Bertz CT molecular complexity index is 1130. The molecule has 1 aromatic carbocycles. The maximum absolute atomic E-state index is 13.0. The van der Waals surface area contributed by atoms with Crippen molar-refractivity contribution in [1.82, 2.24) is 15.0 Å². The minimum absolute atomic E-state index is 0.00565. The predicted octanol–water partition coefficient (Wildman–Crippen LogP) is 2.06. The maximum atomic E-state index is 13.0. The second kappa shape index (κ2) is 8.43. The quantitative estimate of drug-likeness (QED) is 0.653. The monoisotopic (exact) mass is 432 g/mol. The van der Waals surface area contributed by atoms with E-state index < -0.39 is 0 Å². The fourth-order valence-electron chi connectivity index (χ4n) is 3.98. The molecule has 2 aliphatic heterocycles. The highest BCUT2D eigenvalue weighted by Gasteiger charge is 2.34. The Morgan fingerprint density at radius 1 is 1.09 bits per heavy atom. The van der Waals surface area contributed by atoms with E-state index in [1.807, 2.05) is 30.3 Å². The first-order valence-corrected chi connectivity index (χ1v) is 10.5. The number of ether oxygens (including phenoxy) is 2. The van der Waals surface area contributed by atoms with Crippen molar-refractivity contribution < 1.29 is 14.3 Å². The van der Waals surface area contributed by atoms with Crippen LogP contribution in [-0.2, 0) is 22.5 Å². The third-order valence-electron chi connectivity index (χ3n) is 5.71. The molecule has 0 aliphatic carbocycles. The highest BCUT2D eigenvalue weighted by Crippen LogP contribution is 2.37. The number of nitrogens with two attached hydrogens (primary N) is 1. The summed E-state index contributed by atoms with van der Waals surface area (Å²) in [6.07, 6.45) is 1.94. The number of fused-ring (bicyclic) bond motifs is 1. The highest BCUT2D eigenvalue weighted by atomic mass is 16.5. The Kier molecular flexibility index (Phi) is 5.32. The number of nitrogen functional groups attached to an aromatic ring is 1. The molecule has 0 unspecified atom stereocenters. The molecular formula is C23H24N6O3. The van der Waals surface area contributed by atoms with Crippen LogP contribution in [0.3, 0.4) is 0 Å². The van der Waals surface area contributed by atoms with Gasteiger partial charge in [-0.1, -0.05) is 12.1 Å². The zero-order valence-electron chi connectivity index (χ0n) is 17.8. The van der Waals surface area contributed by atoms with E-state index in [1.54, 1.807) is 24.3 Å². The van der Waals surface area contributed by atoms with E-state index in [-0.39, 0.29) is 12.3 Å². The second-order valence-electron chi connectivity index (χ2n) is 7.75. The lowest BCUT2D eigenvalue weighted by Gasteiger charge is -2.28. The van der Waals surface area contributed by atoms with Gasteiger partial charge in [0.25, 0.3) is 0 Å². The van der Waals surface area contributed by atoms with Crippen molar-refractivity contribution in [3.8, 4) is 17.0 Å². The molecule has 1 fully saturated rings. The van der Waals surface area contributed by atoms with Gasteiger partial charge in [0.15, 0.2) is 0 Å². The number of rotatable bonds is 5. The van der Waals surface area contributed by atoms with Gasteiger partial charge in [0.2, 0.25) is 11.9 Å². The summed E-state index contributed by atoms with van der Waals surface area (Å²) in [5, 5.41) is 0. The SMILES string of the molecule is COc1ccc(CN2C(=O)Cc3c(-c4ccc(N)nc4)nc(N4CCOCC4)nc32)cc1. The Morgan fingerprint density at radius 2 is 1.88 bits per heavy atom. The fraction of sp³-hybridized carbons (Fsp3) is 0.304. The zero-order valence-corrected chi connectivity index (χ0v) is 17.8. The molecule has 3 aromatic rings. The van der Waals surface area contributed by atoms with E-state index in [4.69, 9.17) is 25.2 Å². The van der Waals surface area contributed by atoms with Crippen LogP contribution in [-0.4, -0.2) is 54.3 Å². The number of amides is 1. The molecule has 4 heterocycles. The molecule has 32 heavy (non-hydrogen) atoms. The molecule has 0 spiro atoms. The van der Waals surface area contributed by atoms with Gasteiger partial charge in [0.05, 0.1) is 39.0 Å². The largest absolute Gasteiger partial charge is 0.497 e. The summed E-state index contributed by atoms with van der Waals surface area (Å²) in [6, 6.07) is 11.3. The number of hydrogen-bond donors (Lipinski definition) is 1. The second-order valence-corrected chi connectivity index (χ2v) is 7.75. The summed E-state index contributed by atoms with van der Waals surface area (Å²) in [7, 11) is 1.63. The summed E-state index contributed by atoms with van der Waals surface area (Å²) in [5.41, 5.74) is 9.11. The van der Waals surface area contributed by atoms with Gasteiger partial charge in [-0.25, -0.2) is 9.97 Å². The van der Waals surface area contributed by atoms with Gasteiger partial charge in [-0.05, 0) is 29.8 Å². The smallest absolute Gasteiger partial charge is 0.233 e. The van der Waals surface area contributed by atoms with Crippen LogP contribution in [0.2, 0.25) is 0 Å². The van der Waals surface area contributed by atoms with Gasteiger partial charge in [-0.2, -0.15) is 4.98 Å². The molecular weight excluding hydrogens is 408 g/mol. The molecule has 1 saturated heterocycles. The van der Waals surface area contributed by atoms with Crippen LogP contribution in [0.1, 0.15) is 11.1 Å². The number of carbonyl (C=O) groups is 1. The molecule has 2 aliphatic rings. The van der Waals surface area contributed by atoms with E-state index in [9.17, 15) is 4.79 Å². The minimum atomic E-state index is -0.00565. The third-order valence-corrected chi connectivity index (χ3v) is 5.71. The zero-order chi connectivity index (χ0) is 22.1. The standard InChI is InChI=1S/C23H24N6O3/c1-31-17-5-2-15(3-6-17)14-29-20(30)12-18-21(16-4-7-19(24)25-13-16)26-23(27-22(18)29)28-8-10-32-11-9-28/h2-7,13H,8-12,14H2,1H3,(H2,24,25). The lowest BCUT2D eigenvalue weighted by molar-refractivity contribution is -0.117. The molecule has 0 saturated carbocycles. The van der Waals surface area contributed by atoms with Crippen molar-refractivity contribution in [2.75, 3.05) is 48.9 Å². The number of carbonyl (C=O) groups excluding carboxylic acids is 1. The van der Waals surface area contributed by atoms with Crippen LogP contribution in [0.25, 0.3) is 11.3 Å². The first-order valence-electron chi connectivity index (χ1n) is 10.5. The molecule has 0 bridgehead atoms. The molecule has 0 radical (unpaired) electrons. The Balaban J connectivity index is 1.57. The number of aromatic nitrogens is 3. The van der Waals surface area contributed by atoms with Crippen molar-refractivity contribution in [3.63, 3.8) is 0 Å². The van der Waals surface area contributed by atoms with Gasteiger partial charge in [-0.15, -0.1) is 0 Å². The van der Waals surface area contributed by atoms with Crippen LogP contribution < -0.4 is 20.3 Å². The number of benzene rings is 1. The molecule has 2 N–H and O–H groups in total. The molecule has 164 valence electrons. The first kappa shape index (κ1) is 20.2. The van der Waals surface area contributed by atoms with Gasteiger partial charge in [0, 0.05) is 30.4 Å². The van der Waals surface area contributed by atoms with E-state index in [2.05, 4.69) is 9.88 Å². The number of nitrogens with zero attached hydrogens (tertiary/aromatic N) is 5. The molecule has 9 nitrogen and oxygen atoms in total. The number of methoxy groups -OCH3 is 1. The maximum Gasteiger partial charge on any atom is 0.233 e. The van der Waals surface area contributed by atoms with E-state index in [1.165, 1.54) is 0 Å². The first-order chi connectivity index (χ1) is 15.6. The summed E-state index contributed by atoms with van der Waals surface area (Å²) in [5.74, 6) is 2.44. The van der Waals surface area contributed by atoms with Crippen molar-refractivity contribution in [2.45, 2.75) is 13.0 Å². The van der Waals surface area contributed by atoms with Gasteiger partial charge >= 0.3 is 0 Å². The van der Waals surface area contributed by atoms with E-state index >= 15 is 0 Å². The number of pyridine rings is 1.